The summed E-state index contributed by atoms with van der Waals surface area (Å²) in [4.78, 5) is 18.2. The largest absolute Gasteiger partial charge is 0.473 e. The van der Waals surface area contributed by atoms with Gasteiger partial charge in [-0.2, -0.15) is 5.26 Å². The second-order valence-electron chi connectivity index (χ2n) is 6.42. The van der Waals surface area contributed by atoms with Crippen molar-refractivity contribution in [2.45, 2.75) is 25.0 Å². The average molecular weight is 400 g/mol. The van der Waals surface area contributed by atoms with Gasteiger partial charge >= 0.3 is 11.9 Å². The Labute approximate surface area is 167 Å². The van der Waals surface area contributed by atoms with Crippen molar-refractivity contribution in [3.8, 4) is 6.07 Å². The summed E-state index contributed by atoms with van der Waals surface area (Å²) in [6.07, 6.45) is 1.74. The molecule has 3 N–H and O–H groups in total. The van der Waals surface area contributed by atoms with Gasteiger partial charge in [0.15, 0.2) is 0 Å². The van der Waals surface area contributed by atoms with Crippen LogP contribution >= 0.6 is 0 Å². The van der Waals surface area contributed by atoms with Crippen LogP contribution in [0.15, 0.2) is 42.5 Å². The van der Waals surface area contributed by atoms with Crippen LogP contribution in [0.3, 0.4) is 0 Å². The Morgan fingerprint density at radius 2 is 1.86 bits per heavy atom. The Bertz CT molecular complexity index is 912. The van der Waals surface area contributed by atoms with Gasteiger partial charge in [0.2, 0.25) is 0 Å². The first-order valence-corrected chi connectivity index (χ1v) is 8.88. The molecule has 0 bridgehead atoms. The van der Waals surface area contributed by atoms with Crippen LogP contribution in [0.4, 0.5) is 4.39 Å². The summed E-state index contributed by atoms with van der Waals surface area (Å²) < 4.78 is 19.5. The van der Waals surface area contributed by atoms with Crippen molar-refractivity contribution in [1.29, 1.82) is 5.26 Å². The van der Waals surface area contributed by atoms with Gasteiger partial charge in [-0.1, -0.05) is 18.2 Å². The van der Waals surface area contributed by atoms with Gasteiger partial charge in [0.25, 0.3) is 0 Å². The van der Waals surface area contributed by atoms with E-state index in [1.54, 1.807) is 12.1 Å². The van der Waals surface area contributed by atoms with E-state index in [4.69, 9.17) is 29.8 Å². The molecular weight excluding hydrogens is 379 g/mol. The van der Waals surface area contributed by atoms with Crippen molar-refractivity contribution >= 4 is 11.9 Å². The second kappa shape index (κ2) is 9.78. The highest BCUT2D eigenvalue weighted by Gasteiger charge is 2.41. The first-order chi connectivity index (χ1) is 13.8. The van der Waals surface area contributed by atoms with E-state index in [-0.39, 0.29) is 5.82 Å². The molecule has 0 saturated carbocycles. The molecule has 0 aliphatic carbocycles. The minimum Gasteiger partial charge on any atom is -0.473 e. The molecule has 0 unspecified atom stereocenters. The van der Waals surface area contributed by atoms with Gasteiger partial charge in [-0.25, -0.2) is 14.0 Å². The number of hydrogen-bond acceptors (Lipinski definition) is 5. The number of ether oxygens (including phenoxy) is 1. The predicted octanol–water partition coefficient (Wildman–Crippen LogP) is 2.63. The highest BCUT2D eigenvalue weighted by atomic mass is 19.1. The first-order valence-electron chi connectivity index (χ1n) is 8.88. The van der Waals surface area contributed by atoms with Crippen molar-refractivity contribution < 1.29 is 28.9 Å². The van der Waals surface area contributed by atoms with Gasteiger partial charge in [-0.05, 0) is 67.4 Å². The van der Waals surface area contributed by atoms with Crippen LogP contribution in [-0.2, 0) is 26.5 Å². The quantitative estimate of drug-likeness (QED) is 0.521. The van der Waals surface area contributed by atoms with E-state index in [9.17, 15) is 4.39 Å². The zero-order valence-electron chi connectivity index (χ0n) is 15.8. The Hall–Kier alpha value is -3.28. The fraction of sp³-hybridized carbons (Fsp3) is 0.286. The monoisotopic (exact) mass is 400 g/mol. The number of hydrogen-bond donors (Lipinski definition) is 3. The number of carboxylic acids is 2. The molecule has 0 amide bonds. The summed E-state index contributed by atoms with van der Waals surface area (Å²) in [7, 11) is 1.92. The summed E-state index contributed by atoms with van der Waals surface area (Å²) >= 11 is 0. The molecule has 2 aromatic rings. The van der Waals surface area contributed by atoms with Crippen molar-refractivity contribution in [3.05, 3.63) is 70.5 Å². The lowest BCUT2D eigenvalue weighted by atomic mass is 9.81. The molecule has 152 valence electrons. The smallest absolute Gasteiger partial charge is 0.414 e. The number of carbonyl (C=O) groups is 2. The molecule has 7 nitrogen and oxygen atoms in total. The predicted molar refractivity (Wildman–Crippen MR) is 102 cm³/mol. The first kappa shape index (κ1) is 22.0. The third kappa shape index (κ3) is 5.16. The van der Waals surface area contributed by atoms with Crippen molar-refractivity contribution in [3.63, 3.8) is 0 Å². The number of nitrogens with zero attached hydrogens (tertiary/aromatic N) is 1. The standard InChI is InChI=1S/C19H19FN2O.C2H2O4/c1-22-10-2-9-19(16-4-6-17(20)7-5-16)18-8-3-14(12-21)11-15(18)13-23-19;3-1(4)2(5)6/h3-8,11,22H,2,9-10,13H2,1H3;(H,3,4)(H,5,6)/t19-;/m1./s1. The van der Waals surface area contributed by atoms with Crippen LogP contribution in [-0.4, -0.2) is 35.7 Å². The summed E-state index contributed by atoms with van der Waals surface area (Å²) in [6, 6.07) is 14.4. The zero-order valence-corrected chi connectivity index (χ0v) is 15.8. The molecule has 1 aliphatic rings. The van der Waals surface area contributed by atoms with Crippen LogP contribution < -0.4 is 5.32 Å². The third-order valence-corrected chi connectivity index (χ3v) is 4.59. The van der Waals surface area contributed by atoms with Crippen LogP contribution in [0, 0.1) is 17.1 Å². The van der Waals surface area contributed by atoms with Crippen LogP contribution in [0.2, 0.25) is 0 Å². The molecule has 0 radical (unpaired) electrons. The lowest BCUT2D eigenvalue weighted by Crippen LogP contribution is -2.28. The summed E-state index contributed by atoms with van der Waals surface area (Å²) in [5.41, 5.74) is 3.15. The van der Waals surface area contributed by atoms with Crippen molar-refractivity contribution in [2.24, 2.45) is 0 Å². The average Bonchev–Trinajstić information content (AvgIpc) is 3.08. The highest BCUT2D eigenvalue weighted by molar-refractivity contribution is 6.27. The van der Waals surface area contributed by atoms with Gasteiger partial charge in [0, 0.05) is 0 Å². The SMILES string of the molecule is CNCCC[C@]1(c2ccc(F)cc2)OCc2cc(C#N)ccc21.O=C(O)C(=O)O. The molecule has 0 aromatic heterocycles. The Kier molecular flexibility index (Phi) is 7.42. The van der Waals surface area contributed by atoms with Crippen molar-refractivity contribution in [2.75, 3.05) is 13.6 Å². The van der Waals surface area contributed by atoms with Gasteiger partial charge in [-0.15, -0.1) is 0 Å². The van der Waals surface area contributed by atoms with Gasteiger partial charge in [-0.3, -0.25) is 0 Å². The minimum absolute atomic E-state index is 0.253. The molecular formula is C21H21FN2O5. The molecule has 3 rings (SSSR count). The van der Waals surface area contributed by atoms with E-state index in [0.29, 0.717) is 12.2 Å². The number of aliphatic carboxylic acids is 2. The Morgan fingerprint density at radius 1 is 1.21 bits per heavy atom. The second-order valence-corrected chi connectivity index (χ2v) is 6.42. The number of fused-ring (bicyclic) bond motifs is 1. The van der Waals surface area contributed by atoms with E-state index in [1.807, 2.05) is 25.2 Å². The molecule has 0 fully saturated rings. The maximum atomic E-state index is 13.3. The molecule has 1 heterocycles. The molecule has 1 aliphatic heterocycles. The molecule has 0 saturated heterocycles. The van der Waals surface area contributed by atoms with Crippen molar-refractivity contribution in [1.82, 2.24) is 5.32 Å². The van der Waals surface area contributed by atoms with Crippen LogP contribution in [0.25, 0.3) is 0 Å². The fourth-order valence-electron chi connectivity index (χ4n) is 3.28. The van der Waals surface area contributed by atoms with Crippen LogP contribution in [0.5, 0.6) is 0 Å². The number of rotatable bonds is 5. The van der Waals surface area contributed by atoms with E-state index in [0.717, 1.165) is 36.1 Å². The minimum atomic E-state index is -1.82. The number of nitriles is 1. The lowest BCUT2D eigenvalue weighted by molar-refractivity contribution is -0.159. The molecule has 8 heteroatoms. The third-order valence-electron chi connectivity index (χ3n) is 4.59. The topological polar surface area (TPSA) is 120 Å². The highest BCUT2D eigenvalue weighted by Crippen LogP contribution is 2.45. The van der Waals surface area contributed by atoms with Gasteiger partial charge in [0.1, 0.15) is 11.4 Å². The van der Waals surface area contributed by atoms with Gasteiger partial charge < -0.3 is 20.3 Å². The molecule has 29 heavy (non-hydrogen) atoms. The molecule has 0 spiro atoms. The number of carboxylic acid groups (broad SMARTS) is 2. The maximum absolute atomic E-state index is 13.3. The number of nitrogens with one attached hydrogen (secondary N) is 1. The number of halogens is 1. The summed E-state index contributed by atoms with van der Waals surface area (Å²) in [5, 5.41) is 27.0. The van der Waals surface area contributed by atoms with E-state index >= 15 is 0 Å². The zero-order chi connectivity index (χ0) is 21.4. The van der Waals surface area contributed by atoms with Gasteiger partial charge in [0.05, 0.1) is 18.2 Å². The fourth-order valence-corrected chi connectivity index (χ4v) is 3.28. The van der Waals surface area contributed by atoms with E-state index < -0.39 is 17.5 Å². The molecule has 2 aromatic carbocycles. The summed E-state index contributed by atoms with van der Waals surface area (Å²) in [6.45, 7) is 1.36. The van der Waals surface area contributed by atoms with Crippen LogP contribution in [0.1, 0.15) is 35.1 Å². The lowest BCUT2D eigenvalue weighted by Gasteiger charge is -2.30. The van der Waals surface area contributed by atoms with E-state index in [1.165, 1.54) is 12.1 Å². The normalized spacial score (nSPS) is 16.9. The van der Waals surface area contributed by atoms with E-state index in [2.05, 4.69) is 11.4 Å². The Balaban J connectivity index is 0.000000438. The Morgan fingerprint density at radius 3 is 2.41 bits per heavy atom. The number of benzene rings is 2. The molecule has 1 atom stereocenters. The summed E-state index contributed by atoms with van der Waals surface area (Å²) in [5.74, 6) is -3.90. The maximum Gasteiger partial charge on any atom is 0.414 e.